The maximum Gasteiger partial charge on any atom is 0.131 e. The molecule has 4 heteroatoms. The van der Waals surface area contributed by atoms with Crippen LogP contribution in [0.3, 0.4) is 0 Å². The number of aryl methyl sites for hydroxylation is 1. The third kappa shape index (κ3) is 2.18. The second-order valence-corrected chi connectivity index (χ2v) is 4.08. The van der Waals surface area contributed by atoms with Gasteiger partial charge in [0, 0.05) is 24.1 Å². The normalized spacial score (nSPS) is 10.4. The summed E-state index contributed by atoms with van der Waals surface area (Å²) in [5.41, 5.74) is 1.97. The van der Waals surface area contributed by atoms with Crippen LogP contribution >= 0.6 is 0 Å². The molecule has 0 spiro atoms. The fourth-order valence-electron chi connectivity index (χ4n) is 1.95. The Labute approximate surface area is 107 Å². The molecule has 0 atom stereocenters. The monoisotopic (exact) mass is 246 g/mol. The molecule has 0 unspecified atom stereocenters. The van der Waals surface area contributed by atoms with Crippen molar-refractivity contribution in [2.24, 2.45) is 0 Å². The molecular weight excluding hydrogens is 228 g/mol. The minimum atomic E-state index is 0.748. The highest BCUT2D eigenvalue weighted by Gasteiger charge is 2.09. The summed E-state index contributed by atoms with van der Waals surface area (Å²) >= 11 is 0. The summed E-state index contributed by atoms with van der Waals surface area (Å²) in [5.74, 6) is 2.43. The smallest absolute Gasteiger partial charge is 0.131 e. The highest BCUT2D eigenvalue weighted by Crippen LogP contribution is 2.32. The van der Waals surface area contributed by atoms with E-state index in [0.717, 1.165) is 40.3 Å². The molecule has 96 valence electrons. The Hall–Kier alpha value is -1.97. The van der Waals surface area contributed by atoms with Crippen LogP contribution < -0.4 is 14.8 Å². The Morgan fingerprint density at radius 3 is 2.56 bits per heavy atom. The van der Waals surface area contributed by atoms with E-state index in [2.05, 4.69) is 23.3 Å². The van der Waals surface area contributed by atoms with Crippen molar-refractivity contribution in [1.29, 1.82) is 0 Å². The van der Waals surface area contributed by atoms with Gasteiger partial charge in [-0.25, -0.2) is 4.98 Å². The van der Waals surface area contributed by atoms with Gasteiger partial charge in [-0.05, 0) is 25.5 Å². The van der Waals surface area contributed by atoms with E-state index in [4.69, 9.17) is 9.47 Å². The molecule has 1 N–H and O–H groups in total. The van der Waals surface area contributed by atoms with Crippen LogP contribution in [0.1, 0.15) is 12.5 Å². The molecule has 2 rings (SSSR count). The topological polar surface area (TPSA) is 43.4 Å². The van der Waals surface area contributed by atoms with E-state index >= 15 is 0 Å². The van der Waals surface area contributed by atoms with Crippen molar-refractivity contribution in [1.82, 2.24) is 4.98 Å². The van der Waals surface area contributed by atoms with E-state index < -0.39 is 0 Å². The van der Waals surface area contributed by atoms with Crippen LogP contribution in [0.4, 0.5) is 5.82 Å². The van der Waals surface area contributed by atoms with Crippen LogP contribution in [-0.4, -0.2) is 25.7 Å². The van der Waals surface area contributed by atoms with Crippen LogP contribution in [0.2, 0.25) is 0 Å². The van der Waals surface area contributed by atoms with Gasteiger partial charge in [-0.1, -0.05) is 0 Å². The third-order valence-corrected chi connectivity index (χ3v) is 2.86. The predicted molar refractivity (Wildman–Crippen MR) is 73.7 cm³/mol. The molecule has 2 aromatic rings. The maximum atomic E-state index is 5.38. The van der Waals surface area contributed by atoms with Crippen molar-refractivity contribution >= 4 is 16.7 Å². The average molecular weight is 246 g/mol. The SMILES string of the molecule is CCNc1nc2cc(OC)cc(OC)c2cc1C. The summed E-state index contributed by atoms with van der Waals surface area (Å²) in [5, 5.41) is 4.25. The first kappa shape index (κ1) is 12.5. The Kier molecular flexibility index (Phi) is 3.55. The number of aromatic nitrogens is 1. The molecule has 1 aromatic carbocycles. The van der Waals surface area contributed by atoms with Crippen LogP contribution in [-0.2, 0) is 0 Å². The highest BCUT2D eigenvalue weighted by atomic mass is 16.5. The summed E-state index contributed by atoms with van der Waals surface area (Å²) in [4.78, 5) is 4.61. The minimum Gasteiger partial charge on any atom is -0.497 e. The van der Waals surface area contributed by atoms with Gasteiger partial charge in [0.15, 0.2) is 0 Å². The summed E-state index contributed by atoms with van der Waals surface area (Å²) in [7, 11) is 3.29. The van der Waals surface area contributed by atoms with E-state index in [-0.39, 0.29) is 0 Å². The predicted octanol–water partition coefficient (Wildman–Crippen LogP) is 2.99. The summed E-state index contributed by atoms with van der Waals surface area (Å²) in [6.45, 7) is 4.94. The van der Waals surface area contributed by atoms with Gasteiger partial charge in [-0.3, -0.25) is 0 Å². The molecule has 1 heterocycles. The average Bonchev–Trinajstić information content (AvgIpc) is 2.39. The fourth-order valence-corrected chi connectivity index (χ4v) is 1.95. The lowest BCUT2D eigenvalue weighted by Crippen LogP contribution is -2.02. The van der Waals surface area contributed by atoms with Gasteiger partial charge < -0.3 is 14.8 Å². The summed E-state index contributed by atoms with van der Waals surface area (Å²) < 4.78 is 10.6. The van der Waals surface area contributed by atoms with E-state index in [0.29, 0.717) is 0 Å². The standard InChI is InChI=1S/C14H18N2O2/c1-5-15-14-9(2)6-11-12(16-14)7-10(17-3)8-13(11)18-4/h6-8H,5H2,1-4H3,(H,15,16). The second kappa shape index (κ2) is 5.12. The van der Waals surface area contributed by atoms with Crippen LogP contribution in [0.25, 0.3) is 10.9 Å². The summed E-state index contributed by atoms with van der Waals surface area (Å²) in [6.07, 6.45) is 0. The van der Waals surface area contributed by atoms with Gasteiger partial charge in [0.25, 0.3) is 0 Å². The van der Waals surface area contributed by atoms with Crippen LogP contribution in [0, 0.1) is 6.92 Å². The number of ether oxygens (including phenoxy) is 2. The number of benzene rings is 1. The molecule has 4 nitrogen and oxygen atoms in total. The number of rotatable bonds is 4. The van der Waals surface area contributed by atoms with Crippen molar-refractivity contribution in [3.8, 4) is 11.5 Å². The zero-order valence-corrected chi connectivity index (χ0v) is 11.2. The van der Waals surface area contributed by atoms with Crippen LogP contribution in [0.5, 0.6) is 11.5 Å². The zero-order chi connectivity index (χ0) is 13.1. The summed E-state index contributed by atoms with van der Waals surface area (Å²) in [6, 6.07) is 5.87. The molecule has 0 aliphatic rings. The van der Waals surface area contributed by atoms with E-state index in [9.17, 15) is 0 Å². The molecule has 0 bridgehead atoms. The van der Waals surface area contributed by atoms with Gasteiger partial charge in [-0.15, -0.1) is 0 Å². The molecule has 0 aliphatic heterocycles. The number of pyridine rings is 1. The van der Waals surface area contributed by atoms with E-state index in [1.54, 1.807) is 14.2 Å². The first-order chi connectivity index (χ1) is 8.69. The van der Waals surface area contributed by atoms with E-state index in [1.165, 1.54) is 0 Å². The third-order valence-electron chi connectivity index (χ3n) is 2.86. The number of methoxy groups -OCH3 is 2. The lowest BCUT2D eigenvalue weighted by molar-refractivity contribution is 0.398. The van der Waals surface area contributed by atoms with Crippen molar-refractivity contribution in [2.45, 2.75) is 13.8 Å². The molecule has 0 saturated heterocycles. The Balaban J connectivity index is 2.67. The van der Waals surface area contributed by atoms with Crippen molar-refractivity contribution in [2.75, 3.05) is 26.1 Å². The Bertz CT molecular complexity index is 567. The van der Waals surface area contributed by atoms with Gasteiger partial charge in [-0.2, -0.15) is 0 Å². The second-order valence-electron chi connectivity index (χ2n) is 4.08. The molecule has 0 radical (unpaired) electrons. The molecule has 0 amide bonds. The minimum absolute atomic E-state index is 0.748. The quantitative estimate of drug-likeness (QED) is 0.900. The van der Waals surface area contributed by atoms with Crippen LogP contribution in [0.15, 0.2) is 18.2 Å². The van der Waals surface area contributed by atoms with Gasteiger partial charge in [0.05, 0.1) is 19.7 Å². The maximum absolute atomic E-state index is 5.38. The Morgan fingerprint density at radius 2 is 1.94 bits per heavy atom. The molecule has 0 fully saturated rings. The first-order valence-corrected chi connectivity index (χ1v) is 5.96. The fraction of sp³-hybridized carbons (Fsp3) is 0.357. The number of hydrogen-bond donors (Lipinski definition) is 1. The number of anilines is 1. The molecule has 0 saturated carbocycles. The molecular formula is C14H18N2O2. The number of nitrogens with zero attached hydrogens (tertiary/aromatic N) is 1. The largest absolute Gasteiger partial charge is 0.497 e. The highest BCUT2D eigenvalue weighted by molar-refractivity contribution is 5.89. The number of nitrogens with one attached hydrogen (secondary N) is 1. The van der Waals surface area contributed by atoms with E-state index in [1.807, 2.05) is 19.1 Å². The zero-order valence-electron chi connectivity index (χ0n) is 11.2. The van der Waals surface area contributed by atoms with Gasteiger partial charge >= 0.3 is 0 Å². The van der Waals surface area contributed by atoms with Gasteiger partial charge in [0.1, 0.15) is 17.3 Å². The molecule has 1 aromatic heterocycles. The number of hydrogen-bond acceptors (Lipinski definition) is 4. The lowest BCUT2D eigenvalue weighted by Gasteiger charge is -2.12. The lowest BCUT2D eigenvalue weighted by atomic mass is 10.1. The first-order valence-electron chi connectivity index (χ1n) is 5.96. The Morgan fingerprint density at radius 1 is 1.17 bits per heavy atom. The van der Waals surface area contributed by atoms with Gasteiger partial charge in [0.2, 0.25) is 0 Å². The molecule has 18 heavy (non-hydrogen) atoms. The van der Waals surface area contributed by atoms with Crippen molar-refractivity contribution in [3.63, 3.8) is 0 Å². The number of fused-ring (bicyclic) bond motifs is 1. The van der Waals surface area contributed by atoms with Crippen molar-refractivity contribution < 1.29 is 9.47 Å². The molecule has 0 aliphatic carbocycles. The van der Waals surface area contributed by atoms with Crippen molar-refractivity contribution in [3.05, 3.63) is 23.8 Å².